The van der Waals surface area contributed by atoms with Gasteiger partial charge in [-0.05, 0) is 85.6 Å². The quantitative estimate of drug-likeness (QED) is 0.357. The number of fused-ring (bicyclic) bond motifs is 2. The van der Waals surface area contributed by atoms with Crippen molar-refractivity contribution in [2.45, 2.75) is 44.7 Å². The average molecular weight is 476 g/mol. The number of hydrogen-bond acceptors (Lipinski definition) is 4. The third-order valence-corrected chi connectivity index (χ3v) is 8.48. The molecule has 1 saturated heterocycles. The van der Waals surface area contributed by atoms with Crippen LogP contribution in [0.1, 0.15) is 42.0 Å². The summed E-state index contributed by atoms with van der Waals surface area (Å²) in [7, 11) is 0. The van der Waals surface area contributed by atoms with Crippen LogP contribution in [0.2, 0.25) is 5.02 Å². The van der Waals surface area contributed by atoms with Crippen LogP contribution in [0.15, 0.2) is 59.7 Å². The van der Waals surface area contributed by atoms with Gasteiger partial charge in [0.1, 0.15) is 4.70 Å². The molecular weight excluding hydrogens is 450 g/mol. The highest BCUT2D eigenvalue weighted by molar-refractivity contribution is 7.22. The van der Waals surface area contributed by atoms with E-state index in [4.69, 9.17) is 11.6 Å². The fraction of sp³-hybridized carbons (Fsp3) is 0.333. The Bertz CT molecular complexity index is 1370. The van der Waals surface area contributed by atoms with E-state index in [1.54, 1.807) is 6.33 Å². The number of likely N-dealkylation sites (tertiary alicyclic amines) is 1. The summed E-state index contributed by atoms with van der Waals surface area (Å²) in [4.78, 5) is 21.6. The van der Waals surface area contributed by atoms with Crippen LogP contribution in [-0.4, -0.2) is 27.5 Å². The molecule has 2 aromatic heterocycles. The fourth-order valence-electron chi connectivity index (χ4n) is 5.27. The van der Waals surface area contributed by atoms with Crippen LogP contribution in [0, 0.1) is 0 Å². The van der Waals surface area contributed by atoms with Gasteiger partial charge in [0.15, 0.2) is 0 Å². The maximum atomic E-state index is 13.4. The van der Waals surface area contributed by atoms with E-state index in [0.717, 1.165) is 46.5 Å². The van der Waals surface area contributed by atoms with E-state index in [0.29, 0.717) is 5.02 Å². The van der Waals surface area contributed by atoms with E-state index in [-0.39, 0.29) is 11.6 Å². The van der Waals surface area contributed by atoms with Gasteiger partial charge in [0.2, 0.25) is 0 Å². The smallest absolute Gasteiger partial charge is 0.271 e. The van der Waals surface area contributed by atoms with E-state index in [1.165, 1.54) is 54.0 Å². The summed E-state index contributed by atoms with van der Waals surface area (Å²) in [6.07, 6.45) is 7.28. The number of aromatic nitrogens is 2. The summed E-state index contributed by atoms with van der Waals surface area (Å²) >= 11 is 7.55. The Morgan fingerprint density at radius 1 is 1.03 bits per heavy atom. The summed E-state index contributed by atoms with van der Waals surface area (Å²) in [5.74, 6) is 0. The van der Waals surface area contributed by atoms with E-state index in [9.17, 15) is 4.79 Å². The average Bonchev–Trinajstić information content (AvgIpc) is 3.50. The van der Waals surface area contributed by atoms with Crippen LogP contribution >= 0.6 is 22.9 Å². The molecule has 1 aliphatic heterocycles. The lowest BCUT2D eigenvalue weighted by Gasteiger charge is -2.27. The second kappa shape index (κ2) is 8.71. The fourth-order valence-corrected chi connectivity index (χ4v) is 6.44. The van der Waals surface area contributed by atoms with Gasteiger partial charge in [0.05, 0.1) is 11.8 Å². The Morgan fingerprint density at radius 2 is 1.85 bits per heavy atom. The molecule has 0 N–H and O–H groups in total. The minimum absolute atomic E-state index is 0.0734. The van der Waals surface area contributed by atoms with Crippen molar-refractivity contribution in [2.75, 3.05) is 13.1 Å². The summed E-state index contributed by atoms with van der Waals surface area (Å²) in [5.41, 5.74) is 6.15. The highest BCUT2D eigenvalue weighted by Crippen LogP contribution is 2.33. The van der Waals surface area contributed by atoms with Crippen molar-refractivity contribution >= 4 is 33.2 Å². The zero-order valence-electron chi connectivity index (χ0n) is 18.5. The summed E-state index contributed by atoms with van der Waals surface area (Å²) < 4.78 is 2.60. The molecule has 0 bridgehead atoms. The van der Waals surface area contributed by atoms with Crippen molar-refractivity contribution < 1.29 is 0 Å². The number of halogens is 1. The lowest BCUT2D eigenvalue weighted by atomic mass is 9.87. The lowest BCUT2D eigenvalue weighted by molar-refractivity contribution is 0.331. The molecule has 0 amide bonds. The van der Waals surface area contributed by atoms with Crippen molar-refractivity contribution in [3.05, 3.63) is 86.9 Å². The molecule has 2 aromatic carbocycles. The minimum Gasteiger partial charge on any atom is -0.299 e. The molecule has 2 aliphatic rings. The largest absolute Gasteiger partial charge is 0.299 e. The molecule has 4 nitrogen and oxygen atoms in total. The highest BCUT2D eigenvalue weighted by atomic mass is 35.5. The van der Waals surface area contributed by atoms with Crippen molar-refractivity contribution in [3.63, 3.8) is 0 Å². The molecular formula is C27H26ClN3OS. The van der Waals surface area contributed by atoms with Gasteiger partial charge in [-0.2, -0.15) is 0 Å². The van der Waals surface area contributed by atoms with Crippen LogP contribution in [0.5, 0.6) is 0 Å². The number of nitrogens with zero attached hydrogens (tertiary/aromatic N) is 3. The Labute approximate surface area is 202 Å². The van der Waals surface area contributed by atoms with Crippen LogP contribution < -0.4 is 5.56 Å². The van der Waals surface area contributed by atoms with Crippen LogP contribution in [0.25, 0.3) is 20.7 Å². The number of benzene rings is 2. The predicted octanol–water partition coefficient (Wildman–Crippen LogP) is 6.10. The van der Waals surface area contributed by atoms with E-state index in [2.05, 4.69) is 28.1 Å². The Balaban J connectivity index is 1.26. The molecule has 0 spiro atoms. The first-order chi connectivity index (χ1) is 16.1. The third kappa shape index (κ3) is 4.14. The van der Waals surface area contributed by atoms with E-state index >= 15 is 0 Å². The first-order valence-corrected chi connectivity index (χ1v) is 12.9. The first-order valence-electron chi connectivity index (χ1n) is 11.7. The van der Waals surface area contributed by atoms with Gasteiger partial charge in [-0.15, -0.1) is 11.3 Å². The van der Waals surface area contributed by atoms with Crippen LogP contribution in [0.4, 0.5) is 0 Å². The van der Waals surface area contributed by atoms with Crippen molar-refractivity contribution in [1.82, 2.24) is 14.5 Å². The molecule has 33 heavy (non-hydrogen) atoms. The van der Waals surface area contributed by atoms with E-state index < -0.39 is 0 Å². The zero-order chi connectivity index (χ0) is 22.4. The van der Waals surface area contributed by atoms with Gasteiger partial charge in [-0.3, -0.25) is 14.3 Å². The van der Waals surface area contributed by atoms with Crippen molar-refractivity contribution in [1.29, 1.82) is 0 Å². The Hall–Kier alpha value is -2.47. The Morgan fingerprint density at radius 3 is 2.67 bits per heavy atom. The predicted molar refractivity (Wildman–Crippen MR) is 136 cm³/mol. The molecule has 6 heteroatoms. The molecule has 1 atom stereocenters. The molecule has 0 radical (unpaired) electrons. The van der Waals surface area contributed by atoms with Gasteiger partial charge >= 0.3 is 0 Å². The SMILES string of the molecule is O=c1c2sc(-c3ccc(Cl)cc3)cc2ncn1[C@H]1CCc2cc(CN3CCCC3)ccc2C1. The topological polar surface area (TPSA) is 38.1 Å². The molecule has 4 aromatic rings. The molecule has 0 unspecified atom stereocenters. The molecule has 168 valence electrons. The maximum Gasteiger partial charge on any atom is 0.271 e. The minimum atomic E-state index is 0.0734. The second-order valence-electron chi connectivity index (χ2n) is 9.27. The van der Waals surface area contributed by atoms with E-state index in [1.807, 2.05) is 34.9 Å². The Kier molecular flexibility index (Phi) is 5.57. The number of rotatable bonds is 4. The third-order valence-electron chi connectivity index (χ3n) is 7.06. The zero-order valence-corrected chi connectivity index (χ0v) is 20.0. The highest BCUT2D eigenvalue weighted by Gasteiger charge is 2.23. The lowest BCUT2D eigenvalue weighted by Crippen LogP contribution is -2.28. The molecule has 3 heterocycles. The second-order valence-corrected chi connectivity index (χ2v) is 10.8. The normalized spacial score (nSPS) is 18.6. The molecule has 1 fully saturated rings. The van der Waals surface area contributed by atoms with Crippen LogP contribution in [-0.2, 0) is 19.4 Å². The number of hydrogen-bond donors (Lipinski definition) is 0. The monoisotopic (exact) mass is 475 g/mol. The first kappa shape index (κ1) is 21.1. The molecule has 0 saturated carbocycles. The van der Waals surface area contributed by atoms with Gasteiger partial charge < -0.3 is 0 Å². The molecule has 6 rings (SSSR count). The molecule has 1 aliphatic carbocycles. The van der Waals surface area contributed by atoms with Gasteiger partial charge in [0.25, 0.3) is 5.56 Å². The summed E-state index contributed by atoms with van der Waals surface area (Å²) in [6, 6.07) is 16.9. The number of thiophene rings is 1. The van der Waals surface area contributed by atoms with Gasteiger partial charge in [0, 0.05) is 22.5 Å². The van der Waals surface area contributed by atoms with Gasteiger partial charge in [-0.1, -0.05) is 41.9 Å². The standard InChI is InChI=1S/C27H26ClN3OS/c28-22-8-5-19(6-9-22)25-15-24-26(33-25)27(32)31(17-29-24)23-10-7-20-13-18(3-4-21(20)14-23)16-30-11-1-2-12-30/h3-6,8-9,13,15,17,23H,1-2,7,10-12,14,16H2/t23-/m0/s1. The summed E-state index contributed by atoms with van der Waals surface area (Å²) in [5, 5.41) is 0.709. The van der Waals surface area contributed by atoms with Crippen molar-refractivity contribution in [3.8, 4) is 10.4 Å². The summed E-state index contributed by atoms with van der Waals surface area (Å²) in [6.45, 7) is 3.51. The maximum absolute atomic E-state index is 13.4. The van der Waals surface area contributed by atoms with Gasteiger partial charge in [-0.25, -0.2) is 4.98 Å². The number of aryl methyl sites for hydroxylation is 1. The van der Waals surface area contributed by atoms with Crippen molar-refractivity contribution in [2.24, 2.45) is 0 Å². The van der Waals surface area contributed by atoms with Crippen LogP contribution in [0.3, 0.4) is 0 Å².